The summed E-state index contributed by atoms with van der Waals surface area (Å²) in [5.41, 5.74) is 8.15. The van der Waals surface area contributed by atoms with Crippen molar-refractivity contribution in [2.75, 3.05) is 0 Å². The maximum absolute atomic E-state index is 12.1. The molecule has 0 aromatic heterocycles. The topological polar surface area (TPSA) is 83.5 Å². The molecule has 1 aromatic carbocycles. The molecule has 27 heavy (non-hydrogen) atoms. The van der Waals surface area contributed by atoms with E-state index in [4.69, 9.17) is 5.73 Å². The van der Waals surface area contributed by atoms with E-state index in [1.165, 1.54) is 0 Å². The predicted molar refractivity (Wildman–Crippen MR) is 111 cm³/mol. The second kappa shape index (κ2) is 8.81. The summed E-state index contributed by atoms with van der Waals surface area (Å²) in [5.74, 6) is 0.313. The molecule has 0 bridgehead atoms. The highest BCUT2D eigenvalue weighted by Crippen LogP contribution is 2.49. The molecule has 0 fully saturated rings. The maximum atomic E-state index is 12.1. The van der Waals surface area contributed by atoms with Gasteiger partial charge in [0.25, 0.3) is 0 Å². The van der Waals surface area contributed by atoms with Gasteiger partial charge in [-0.1, -0.05) is 38.7 Å². The van der Waals surface area contributed by atoms with E-state index in [1.54, 1.807) is 12.1 Å². The van der Waals surface area contributed by atoms with Crippen molar-refractivity contribution in [2.24, 2.45) is 17.1 Å². The smallest absolute Gasteiger partial charge is 0.227 e. The second-order valence-corrected chi connectivity index (χ2v) is 8.43. The van der Waals surface area contributed by atoms with E-state index >= 15 is 0 Å². The lowest BCUT2D eigenvalue weighted by atomic mass is 9.70. The van der Waals surface area contributed by atoms with Crippen LogP contribution in [0.5, 0.6) is 11.5 Å². The highest BCUT2D eigenvalue weighted by atomic mass is 16.3. The summed E-state index contributed by atoms with van der Waals surface area (Å²) in [5, 5.41) is 21.5. The van der Waals surface area contributed by atoms with Gasteiger partial charge in [-0.3, -0.25) is 4.79 Å². The molecule has 0 radical (unpaired) electrons. The number of carbonyl (C=O) groups is 1. The summed E-state index contributed by atoms with van der Waals surface area (Å²) in [6.45, 7) is 7.98. The van der Waals surface area contributed by atoms with Crippen LogP contribution in [0.25, 0.3) is 5.57 Å². The molecular weight excluding hydrogens is 338 g/mol. The number of carbonyl (C=O) groups excluding carboxylic acids is 1. The highest BCUT2D eigenvalue weighted by molar-refractivity contribution is 5.89. The van der Waals surface area contributed by atoms with Crippen LogP contribution in [-0.4, -0.2) is 16.1 Å². The van der Waals surface area contributed by atoms with Crippen molar-refractivity contribution in [1.82, 2.24) is 0 Å². The Labute approximate surface area is 163 Å². The number of rotatable bonds is 8. The van der Waals surface area contributed by atoms with Gasteiger partial charge in [0.2, 0.25) is 5.91 Å². The molecule has 0 spiro atoms. The monoisotopic (exact) mass is 373 g/mol. The number of phenols is 2. The number of amides is 1. The molecule has 4 N–H and O–H groups in total. The van der Waals surface area contributed by atoms with Crippen molar-refractivity contribution >= 4 is 11.5 Å². The third-order valence-corrected chi connectivity index (χ3v) is 6.13. The number of allylic oxidation sites excluding steroid dienone is 1. The number of primary amides is 1. The van der Waals surface area contributed by atoms with Crippen molar-refractivity contribution in [2.45, 2.75) is 79.1 Å². The van der Waals surface area contributed by atoms with Crippen LogP contribution in [0.15, 0.2) is 17.7 Å². The minimum absolute atomic E-state index is 0.103. The SMILES string of the molecule is CCCCCc1cc(O)c(C2=C(C(C)(C)C(N)=O)CCC(CC)C2)c(O)c1. The molecule has 1 aromatic rings. The zero-order chi connectivity index (χ0) is 20.2. The first kappa shape index (κ1) is 21.3. The molecule has 4 nitrogen and oxygen atoms in total. The normalized spacial score (nSPS) is 18.0. The quantitative estimate of drug-likeness (QED) is 0.540. The summed E-state index contributed by atoms with van der Waals surface area (Å²) in [4.78, 5) is 12.1. The van der Waals surface area contributed by atoms with E-state index in [9.17, 15) is 15.0 Å². The van der Waals surface area contributed by atoms with Crippen LogP contribution in [-0.2, 0) is 11.2 Å². The predicted octanol–water partition coefficient (Wildman–Crippen LogP) is 5.31. The van der Waals surface area contributed by atoms with Gasteiger partial charge < -0.3 is 15.9 Å². The molecule has 1 atom stereocenters. The summed E-state index contributed by atoms with van der Waals surface area (Å²) in [6, 6.07) is 3.53. The van der Waals surface area contributed by atoms with E-state index in [2.05, 4.69) is 13.8 Å². The molecular formula is C23H35NO3. The lowest BCUT2D eigenvalue weighted by Gasteiger charge is -2.35. The maximum Gasteiger partial charge on any atom is 0.227 e. The third kappa shape index (κ3) is 4.66. The minimum atomic E-state index is -0.799. The van der Waals surface area contributed by atoms with Crippen LogP contribution in [0.3, 0.4) is 0 Å². The second-order valence-electron chi connectivity index (χ2n) is 8.43. The molecule has 150 valence electrons. The number of benzene rings is 1. The fourth-order valence-corrected chi connectivity index (χ4v) is 4.15. The molecule has 0 saturated heterocycles. The lowest BCUT2D eigenvalue weighted by molar-refractivity contribution is -0.124. The average Bonchev–Trinajstić information content (AvgIpc) is 2.61. The van der Waals surface area contributed by atoms with Crippen molar-refractivity contribution in [3.63, 3.8) is 0 Å². The van der Waals surface area contributed by atoms with Crippen molar-refractivity contribution in [1.29, 1.82) is 0 Å². The summed E-state index contributed by atoms with van der Waals surface area (Å²) in [6.07, 6.45) is 7.68. The molecule has 0 aliphatic heterocycles. The molecule has 1 amide bonds. The number of aryl methyl sites for hydroxylation is 1. The first-order chi connectivity index (χ1) is 12.7. The Bertz CT molecular complexity index is 695. The number of nitrogens with two attached hydrogens (primary N) is 1. The molecule has 1 unspecified atom stereocenters. The molecule has 1 aliphatic rings. The van der Waals surface area contributed by atoms with Gasteiger partial charge in [0.05, 0.1) is 11.0 Å². The van der Waals surface area contributed by atoms with Gasteiger partial charge in [0.15, 0.2) is 0 Å². The Kier molecular flexibility index (Phi) is 6.96. The van der Waals surface area contributed by atoms with E-state index in [0.717, 1.165) is 68.1 Å². The first-order valence-electron chi connectivity index (χ1n) is 10.3. The fraction of sp³-hybridized carbons (Fsp3) is 0.609. The van der Waals surface area contributed by atoms with Gasteiger partial charge in [-0.25, -0.2) is 0 Å². The Morgan fingerprint density at radius 2 is 1.81 bits per heavy atom. The van der Waals surface area contributed by atoms with E-state index in [0.29, 0.717) is 11.5 Å². The number of unbranched alkanes of at least 4 members (excludes halogenated alkanes) is 2. The summed E-state index contributed by atoms with van der Waals surface area (Å²) >= 11 is 0. The summed E-state index contributed by atoms with van der Waals surface area (Å²) < 4.78 is 0. The van der Waals surface area contributed by atoms with Gasteiger partial charge in [-0.15, -0.1) is 0 Å². The van der Waals surface area contributed by atoms with Gasteiger partial charge in [0, 0.05) is 0 Å². The van der Waals surface area contributed by atoms with E-state index in [-0.39, 0.29) is 17.4 Å². The number of hydrogen-bond acceptors (Lipinski definition) is 3. The number of phenolic OH excluding ortho intramolecular Hbond substituents is 2. The number of hydrogen-bond donors (Lipinski definition) is 3. The zero-order valence-corrected chi connectivity index (χ0v) is 17.3. The average molecular weight is 374 g/mol. The highest BCUT2D eigenvalue weighted by Gasteiger charge is 2.36. The minimum Gasteiger partial charge on any atom is -0.507 e. The van der Waals surface area contributed by atoms with Gasteiger partial charge in [-0.2, -0.15) is 0 Å². The first-order valence-corrected chi connectivity index (χ1v) is 10.3. The molecule has 2 rings (SSSR count). The van der Waals surface area contributed by atoms with Crippen molar-refractivity contribution in [3.8, 4) is 11.5 Å². The lowest BCUT2D eigenvalue weighted by Crippen LogP contribution is -2.35. The Morgan fingerprint density at radius 3 is 2.33 bits per heavy atom. The van der Waals surface area contributed by atoms with Crippen molar-refractivity contribution in [3.05, 3.63) is 28.8 Å². The molecule has 4 heteroatoms. The van der Waals surface area contributed by atoms with Crippen LogP contribution >= 0.6 is 0 Å². The van der Waals surface area contributed by atoms with E-state index in [1.807, 2.05) is 13.8 Å². The standard InChI is InChI=1S/C23H35NO3/c1-5-7-8-9-16-13-19(25)21(20(26)14-16)17-12-15(6-2)10-11-18(17)23(3,4)22(24)27/h13-15,25-26H,5-12H2,1-4H3,(H2,24,27). The fourth-order valence-electron chi connectivity index (χ4n) is 4.15. The van der Waals surface area contributed by atoms with Crippen LogP contribution in [0.4, 0.5) is 0 Å². The van der Waals surface area contributed by atoms with Crippen LogP contribution in [0, 0.1) is 11.3 Å². The van der Waals surface area contributed by atoms with Crippen LogP contribution in [0.1, 0.15) is 83.8 Å². The van der Waals surface area contributed by atoms with Crippen molar-refractivity contribution < 1.29 is 15.0 Å². The van der Waals surface area contributed by atoms with E-state index < -0.39 is 5.41 Å². The van der Waals surface area contributed by atoms with Crippen LogP contribution in [0.2, 0.25) is 0 Å². The summed E-state index contributed by atoms with van der Waals surface area (Å²) in [7, 11) is 0. The Morgan fingerprint density at radius 1 is 1.19 bits per heavy atom. The molecule has 0 heterocycles. The van der Waals surface area contributed by atoms with Crippen LogP contribution < -0.4 is 5.73 Å². The van der Waals surface area contributed by atoms with Gasteiger partial charge in [-0.05, 0) is 75.1 Å². The zero-order valence-electron chi connectivity index (χ0n) is 17.3. The molecule has 0 saturated carbocycles. The Balaban J connectivity index is 2.52. The molecule has 1 aliphatic carbocycles. The van der Waals surface area contributed by atoms with Gasteiger partial charge in [0.1, 0.15) is 11.5 Å². The number of aromatic hydroxyl groups is 2. The van der Waals surface area contributed by atoms with Gasteiger partial charge >= 0.3 is 0 Å². The Hall–Kier alpha value is -1.97. The largest absolute Gasteiger partial charge is 0.507 e. The third-order valence-electron chi connectivity index (χ3n) is 6.13.